The van der Waals surface area contributed by atoms with Crippen molar-refractivity contribution < 1.29 is 4.79 Å². The molecule has 0 spiro atoms. The van der Waals surface area contributed by atoms with Crippen molar-refractivity contribution in [3.05, 3.63) is 37.8 Å². The van der Waals surface area contributed by atoms with Crippen molar-refractivity contribution >= 4 is 50.6 Å². The highest BCUT2D eigenvalue weighted by atomic mass is 79.9. The molecular weight excluding hydrogens is 326 g/mol. The standard InChI is InChI=1S/C10H7BrClN3OS/c1-5-2-6(17-9(5)11)10(16)15-8-3-7(12)13-4-14-8/h2-4H,1H3,(H,13,14,15,16). The minimum atomic E-state index is -0.210. The number of thiophene rings is 1. The van der Waals surface area contributed by atoms with E-state index < -0.39 is 0 Å². The van der Waals surface area contributed by atoms with Gasteiger partial charge in [-0.3, -0.25) is 4.79 Å². The molecule has 0 aliphatic rings. The Balaban J connectivity index is 2.17. The predicted octanol–water partition coefficient (Wildman–Crippen LogP) is 3.51. The summed E-state index contributed by atoms with van der Waals surface area (Å²) in [6.45, 7) is 1.93. The molecule has 0 aliphatic carbocycles. The number of rotatable bonds is 2. The van der Waals surface area contributed by atoms with Gasteiger partial charge in [0.15, 0.2) is 0 Å². The molecule has 0 bridgehead atoms. The van der Waals surface area contributed by atoms with Gasteiger partial charge in [-0.1, -0.05) is 11.6 Å². The van der Waals surface area contributed by atoms with Gasteiger partial charge in [-0.15, -0.1) is 11.3 Å². The van der Waals surface area contributed by atoms with Crippen LogP contribution in [-0.4, -0.2) is 15.9 Å². The molecule has 2 aromatic heterocycles. The third kappa shape index (κ3) is 3.02. The fraction of sp³-hybridized carbons (Fsp3) is 0.100. The van der Waals surface area contributed by atoms with Crippen LogP contribution in [0.25, 0.3) is 0 Å². The fourth-order valence-electron chi connectivity index (χ4n) is 1.15. The summed E-state index contributed by atoms with van der Waals surface area (Å²) in [6, 6.07) is 3.31. The summed E-state index contributed by atoms with van der Waals surface area (Å²) < 4.78 is 0.948. The third-order valence-electron chi connectivity index (χ3n) is 1.96. The Morgan fingerprint density at radius 1 is 1.47 bits per heavy atom. The smallest absolute Gasteiger partial charge is 0.266 e. The van der Waals surface area contributed by atoms with Gasteiger partial charge < -0.3 is 5.32 Å². The number of halogens is 2. The van der Waals surface area contributed by atoms with E-state index in [-0.39, 0.29) is 5.91 Å². The Kier molecular flexibility index (Phi) is 3.76. The van der Waals surface area contributed by atoms with Gasteiger partial charge in [0.2, 0.25) is 0 Å². The molecule has 0 aromatic carbocycles. The van der Waals surface area contributed by atoms with Gasteiger partial charge in [0, 0.05) is 6.07 Å². The normalized spacial score (nSPS) is 10.3. The van der Waals surface area contributed by atoms with E-state index in [0.717, 1.165) is 9.35 Å². The molecule has 0 saturated heterocycles. The van der Waals surface area contributed by atoms with E-state index >= 15 is 0 Å². The lowest BCUT2D eigenvalue weighted by Crippen LogP contribution is -2.11. The lowest BCUT2D eigenvalue weighted by atomic mass is 10.3. The van der Waals surface area contributed by atoms with Crippen LogP contribution in [0.1, 0.15) is 15.2 Å². The van der Waals surface area contributed by atoms with Gasteiger partial charge in [0.1, 0.15) is 17.3 Å². The van der Waals surface area contributed by atoms with Crippen LogP contribution in [0.15, 0.2) is 22.2 Å². The summed E-state index contributed by atoms with van der Waals surface area (Å²) in [4.78, 5) is 20.1. The first-order valence-corrected chi connectivity index (χ1v) is 6.60. The Labute approximate surface area is 115 Å². The van der Waals surface area contributed by atoms with Gasteiger partial charge in [0.05, 0.1) is 8.66 Å². The topological polar surface area (TPSA) is 54.9 Å². The van der Waals surface area contributed by atoms with Crippen LogP contribution in [0.4, 0.5) is 5.82 Å². The molecule has 17 heavy (non-hydrogen) atoms. The van der Waals surface area contributed by atoms with Crippen molar-refractivity contribution in [3.8, 4) is 0 Å². The molecule has 2 aromatic rings. The summed E-state index contributed by atoms with van der Waals surface area (Å²) in [6.07, 6.45) is 1.30. The van der Waals surface area contributed by atoms with Crippen LogP contribution in [-0.2, 0) is 0 Å². The lowest BCUT2D eigenvalue weighted by Gasteiger charge is -2.01. The molecule has 2 rings (SSSR count). The summed E-state index contributed by atoms with van der Waals surface area (Å²) in [5.74, 6) is 0.177. The second-order valence-electron chi connectivity index (χ2n) is 3.25. The van der Waals surface area contributed by atoms with Crippen LogP contribution >= 0.6 is 38.9 Å². The number of anilines is 1. The van der Waals surface area contributed by atoms with E-state index in [9.17, 15) is 4.79 Å². The van der Waals surface area contributed by atoms with Crippen molar-refractivity contribution in [2.24, 2.45) is 0 Å². The van der Waals surface area contributed by atoms with E-state index in [4.69, 9.17) is 11.6 Å². The maximum absolute atomic E-state index is 11.9. The SMILES string of the molecule is Cc1cc(C(=O)Nc2cc(Cl)ncn2)sc1Br. The average Bonchev–Trinajstić information content (AvgIpc) is 2.59. The van der Waals surface area contributed by atoms with Crippen LogP contribution in [0.3, 0.4) is 0 Å². The number of aryl methyl sites for hydroxylation is 1. The molecule has 0 fully saturated rings. The molecule has 88 valence electrons. The van der Waals surface area contributed by atoms with Crippen LogP contribution < -0.4 is 5.32 Å². The summed E-state index contributed by atoms with van der Waals surface area (Å²) in [7, 11) is 0. The molecule has 0 saturated carbocycles. The molecule has 0 aliphatic heterocycles. The molecule has 1 amide bonds. The molecule has 2 heterocycles. The first-order valence-electron chi connectivity index (χ1n) is 4.61. The molecule has 4 nitrogen and oxygen atoms in total. The number of hydrogen-bond donors (Lipinski definition) is 1. The van der Waals surface area contributed by atoms with Crippen LogP contribution in [0, 0.1) is 6.92 Å². The number of aromatic nitrogens is 2. The minimum absolute atomic E-state index is 0.210. The van der Waals surface area contributed by atoms with Gasteiger partial charge in [-0.25, -0.2) is 9.97 Å². The van der Waals surface area contributed by atoms with Crippen molar-refractivity contribution in [3.63, 3.8) is 0 Å². The van der Waals surface area contributed by atoms with Gasteiger partial charge in [0.25, 0.3) is 5.91 Å². The van der Waals surface area contributed by atoms with E-state index in [1.807, 2.05) is 13.0 Å². The second kappa shape index (κ2) is 5.12. The first kappa shape index (κ1) is 12.5. The highest BCUT2D eigenvalue weighted by Gasteiger charge is 2.12. The molecule has 1 N–H and O–H groups in total. The Morgan fingerprint density at radius 3 is 2.82 bits per heavy atom. The summed E-state index contributed by atoms with van der Waals surface area (Å²) in [5.41, 5.74) is 1.03. The van der Waals surface area contributed by atoms with Gasteiger partial charge in [-0.05, 0) is 34.5 Å². The second-order valence-corrected chi connectivity index (χ2v) is 6.00. The Hall–Kier alpha value is -0.980. The summed E-state index contributed by atoms with van der Waals surface area (Å²) in [5, 5.41) is 2.95. The van der Waals surface area contributed by atoms with Crippen LogP contribution in [0.2, 0.25) is 5.15 Å². The zero-order valence-corrected chi connectivity index (χ0v) is 11.9. The Bertz CT molecular complexity index is 553. The third-order valence-corrected chi connectivity index (χ3v) is 4.30. The monoisotopic (exact) mass is 331 g/mol. The Morgan fingerprint density at radius 2 is 2.24 bits per heavy atom. The van der Waals surface area contributed by atoms with Gasteiger partial charge in [-0.2, -0.15) is 0 Å². The molecule has 0 unspecified atom stereocenters. The van der Waals surface area contributed by atoms with E-state index in [2.05, 4.69) is 31.2 Å². The highest BCUT2D eigenvalue weighted by molar-refractivity contribution is 9.11. The lowest BCUT2D eigenvalue weighted by molar-refractivity contribution is 0.103. The zero-order valence-electron chi connectivity index (χ0n) is 8.70. The fourth-order valence-corrected chi connectivity index (χ4v) is 2.73. The molecule has 7 heteroatoms. The van der Waals surface area contributed by atoms with Crippen LogP contribution in [0.5, 0.6) is 0 Å². The minimum Gasteiger partial charge on any atom is -0.306 e. The quantitative estimate of drug-likeness (QED) is 0.856. The maximum atomic E-state index is 11.9. The first-order chi connectivity index (χ1) is 8.06. The number of nitrogens with zero attached hydrogens (tertiary/aromatic N) is 2. The van der Waals surface area contributed by atoms with Crippen molar-refractivity contribution in [2.75, 3.05) is 5.32 Å². The summed E-state index contributed by atoms with van der Waals surface area (Å²) >= 11 is 10.4. The maximum Gasteiger partial charge on any atom is 0.266 e. The number of amides is 1. The highest BCUT2D eigenvalue weighted by Crippen LogP contribution is 2.27. The molecular formula is C10H7BrClN3OS. The average molecular weight is 333 g/mol. The zero-order chi connectivity index (χ0) is 12.4. The van der Waals surface area contributed by atoms with Gasteiger partial charge >= 0.3 is 0 Å². The van der Waals surface area contributed by atoms with Crippen molar-refractivity contribution in [1.82, 2.24) is 9.97 Å². The molecule has 0 radical (unpaired) electrons. The van der Waals surface area contributed by atoms with E-state index in [1.54, 1.807) is 0 Å². The number of hydrogen-bond acceptors (Lipinski definition) is 4. The predicted molar refractivity (Wildman–Crippen MR) is 71.8 cm³/mol. The van der Waals surface area contributed by atoms with Crippen molar-refractivity contribution in [1.29, 1.82) is 0 Å². The van der Waals surface area contributed by atoms with E-state index in [1.165, 1.54) is 23.7 Å². The van der Waals surface area contributed by atoms with Crippen molar-refractivity contribution in [2.45, 2.75) is 6.92 Å². The number of nitrogens with one attached hydrogen (secondary N) is 1. The molecule has 0 atom stereocenters. The number of carbonyl (C=O) groups excluding carboxylic acids is 1. The largest absolute Gasteiger partial charge is 0.306 e. The number of carbonyl (C=O) groups is 1. The van der Waals surface area contributed by atoms with E-state index in [0.29, 0.717) is 15.8 Å².